The fourth-order valence-electron chi connectivity index (χ4n) is 1.20. The van der Waals surface area contributed by atoms with Crippen molar-refractivity contribution in [2.75, 3.05) is 6.54 Å². The van der Waals surface area contributed by atoms with Crippen molar-refractivity contribution < 1.29 is 0 Å². The number of guanidine groups is 1. The van der Waals surface area contributed by atoms with E-state index in [4.69, 9.17) is 16.4 Å². The van der Waals surface area contributed by atoms with E-state index < -0.39 is 0 Å². The summed E-state index contributed by atoms with van der Waals surface area (Å²) in [5.74, 6) is -0.00694. The predicted molar refractivity (Wildman–Crippen MR) is 41.6 cm³/mol. The molecule has 0 amide bonds. The smallest absolute Gasteiger partial charge is 0.189 e. The van der Waals surface area contributed by atoms with Gasteiger partial charge in [0, 0.05) is 6.54 Å². The molecule has 1 aliphatic heterocycles. The summed E-state index contributed by atoms with van der Waals surface area (Å²) in [6, 6.07) is 1.79. The van der Waals surface area contributed by atoms with Crippen molar-refractivity contribution in [3.05, 3.63) is 6.42 Å². The molecular formula is C7H11N4. The number of nitrogens with one attached hydrogen (secondary N) is 1. The lowest BCUT2D eigenvalue weighted by Gasteiger charge is -2.31. The van der Waals surface area contributed by atoms with Crippen LogP contribution in [0.4, 0.5) is 0 Å². The van der Waals surface area contributed by atoms with Gasteiger partial charge in [-0.15, -0.1) is 0 Å². The summed E-state index contributed by atoms with van der Waals surface area (Å²) in [4.78, 5) is 1.60. The lowest BCUT2D eigenvalue weighted by Crippen LogP contribution is -2.46. The van der Waals surface area contributed by atoms with Gasteiger partial charge in [-0.3, -0.25) is 5.41 Å². The minimum absolute atomic E-state index is 0.00694. The Labute approximate surface area is 66.1 Å². The Bertz CT molecular complexity index is 193. The Morgan fingerprint density at radius 2 is 2.55 bits per heavy atom. The highest BCUT2D eigenvalue weighted by Gasteiger charge is 2.22. The second kappa shape index (κ2) is 3.24. The first-order valence-corrected chi connectivity index (χ1v) is 3.59. The number of hydrogen-bond donors (Lipinski definition) is 2. The molecular weight excluding hydrogens is 140 g/mol. The molecule has 1 unspecified atom stereocenters. The van der Waals surface area contributed by atoms with E-state index in [-0.39, 0.29) is 12.0 Å². The van der Waals surface area contributed by atoms with Gasteiger partial charge in [-0.1, -0.05) is 0 Å². The molecule has 1 heterocycles. The molecule has 3 N–H and O–H groups in total. The molecule has 0 bridgehead atoms. The van der Waals surface area contributed by atoms with Crippen molar-refractivity contribution in [3.8, 4) is 6.07 Å². The fourth-order valence-corrected chi connectivity index (χ4v) is 1.20. The van der Waals surface area contributed by atoms with Gasteiger partial charge in [0.05, 0.1) is 6.07 Å². The highest BCUT2D eigenvalue weighted by molar-refractivity contribution is 5.75. The van der Waals surface area contributed by atoms with Crippen molar-refractivity contribution in [1.82, 2.24) is 4.90 Å². The van der Waals surface area contributed by atoms with E-state index >= 15 is 0 Å². The quantitative estimate of drug-likeness (QED) is 0.380. The number of hydrogen-bond acceptors (Lipinski definition) is 2. The first kappa shape index (κ1) is 7.86. The first-order chi connectivity index (χ1) is 5.25. The largest absolute Gasteiger partial charge is 0.370 e. The molecule has 1 atom stereocenters. The van der Waals surface area contributed by atoms with Gasteiger partial charge in [-0.2, -0.15) is 5.26 Å². The van der Waals surface area contributed by atoms with Gasteiger partial charge < -0.3 is 10.6 Å². The normalized spacial score (nSPS) is 24.3. The van der Waals surface area contributed by atoms with Crippen molar-refractivity contribution in [2.24, 2.45) is 5.73 Å². The van der Waals surface area contributed by atoms with Crippen LogP contribution < -0.4 is 5.73 Å². The number of piperidine rings is 1. The van der Waals surface area contributed by atoms with E-state index in [2.05, 4.69) is 6.07 Å². The van der Waals surface area contributed by atoms with E-state index in [9.17, 15) is 0 Å². The minimum atomic E-state index is -0.291. The van der Waals surface area contributed by atoms with Gasteiger partial charge in [0.1, 0.15) is 6.04 Å². The molecule has 11 heavy (non-hydrogen) atoms. The van der Waals surface area contributed by atoms with Crippen LogP contribution in [0.1, 0.15) is 12.8 Å². The molecule has 1 fully saturated rings. The van der Waals surface area contributed by atoms with Gasteiger partial charge in [-0.25, -0.2) is 0 Å². The maximum absolute atomic E-state index is 8.64. The minimum Gasteiger partial charge on any atom is -0.370 e. The molecule has 4 heteroatoms. The molecule has 0 saturated carbocycles. The standard InChI is InChI=1S/C7H11N4/c8-5-6-3-1-2-4-11(6)7(9)10/h3,6H,1-2,4H2,(H3,9,10). The summed E-state index contributed by atoms with van der Waals surface area (Å²) in [5, 5.41) is 15.8. The highest BCUT2D eigenvalue weighted by Crippen LogP contribution is 2.13. The van der Waals surface area contributed by atoms with Crippen LogP contribution in [0.5, 0.6) is 0 Å². The van der Waals surface area contributed by atoms with Gasteiger partial charge in [0.15, 0.2) is 5.96 Å². The number of rotatable bonds is 0. The topological polar surface area (TPSA) is 76.9 Å². The second-order valence-electron chi connectivity index (χ2n) is 2.53. The van der Waals surface area contributed by atoms with Crippen LogP contribution in [0.2, 0.25) is 0 Å². The molecule has 1 aliphatic rings. The monoisotopic (exact) mass is 151 g/mol. The molecule has 0 aromatic rings. The molecule has 1 rings (SSSR count). The Balaban J connectivity index is 2.60. The number of likely N-dealkylation sites (tertiary alicyclic amines) is 1. The molecule has 1 saturated heterocycles. The van der Waals surface area contributed by atoms with Crippen LogP contribution in [0.15, 0.2) is 0 Å². The maximum Gasteiger partial charge on any atom is 0.189 e. The van der Waals surface area contributed by atoms with Crippen molar-refractivity contribution in [3.63, 3.8) is 0 Å². The van der Waals surface area contributed by atoms with Crippen LogP contribution in [-0.2, 0) is 0 Å². The molecule has 59 valence electrons. The second-order valence-corrected chi connectivity index (χ2v) is 2.53. The van der Waals surface area contributed by atoms with Crippen LogP contribution in [0.25, 0.3) is 0 Å². The van der Waals surface area contributed by atoms with Crippen LogP contribution in [0, 0.1) is 23.2 Å². The Kier molecular flexibility index (Phi) is 2.32. The molecule has 0 aromatic carbocycles. The lowest BCUT2D eigenvalue weighted by atomic mass is 10.0. The molecule has 0 aliphatic carbocycles. The van der Waals surface area contributed by atoms with E-state index in [0.29, 0.717) is 0 Å². The zero-order chi connectivity index (χ0) is 8.27. The SMILES string of the molecule is N#CC1[CH]CCCN1C(=N)N. The molecule has 1 radical (unpaired) electrons. The third-order valence-corrected chi connectivity index (χ3v) is 1.77. The van der Waals surface area contributed by atoms with E-state index in [0.717, 1.165) is 19.4 Å². The number of nitrogens with zero attached hydrogens (tertiary/aromatic N) is 2. The third kappa shape index (κ3) is 1.61. The third-order valence-electron chi connectivity index (χ3n) is 1.77. The Hall–Kier alpha value is -1.24. The zero-order valence-corrected chi connectivity index (χ0v) is 6.25. The van der Waals surface area contributed by atoms with E-state index in [1.807, 2.05) is 6.42 Å². The summed E-state index contributed by atoms with van der Waals surface area (Å²) in [6.07, 6.45) is 3.82. The highest BCUT2D eigenvalue weighted by atomic mass is 15.3. The number of nitriles is 1. The molecule has 4 nitrogen and oxygen atoms in total. The summed E-state index contributed by atoms with van der Waals surface area (Å²) in [6.45, 7) is 0.726. The average Bonchev–Trinajstić information content (AvgIpc) is 2.04. The van der Waals surface area contributed by atoms with Gasteiger partial charge in [0.2, 0.25) is 0 Å². The van der Waals surface area contributed by atoms with Crippen molar-refractivity contribution in [1.29, 1.82) is 10.7 Å². The summed E-state index contributed by atoms with van der Waals surface area (Å²) in [5.41, 5.74) is 5.27. The summed E-state index contributed by atoms with van der Waals surface area (Å²) in [7, 11) is 0. The van der Waals surface area contributed by atoms with Crippen LogP contribution >= 0.6 is 0 Å². The summed E-state index contributed by atoms with van der Waals surface area (Å²) >= 11 is 0. The first-order valence-electron chi connectivity index (χ1n) is 3.59. The Morgan fingerprint density at radius 1 is 1.82 bits per heavy atom. The van der Waals surface area contributed by atoms with Crippen LogP contribution in [-0.4, -0.2) is 23.4 Å². The predicted octanol–water partition coefficient (Wildman–Crippen LogP) is 0.0721. The van der Waals surface area contributed by atoms with Crippen molar-refractivity contribution >= 4 is 5.96 Å². The van der Waals surface area contributed by atoms with Crippen molar-refractivity contribution in [2.45, 2.75) is 18.9 Å². The van der Waals surface area contributed by atoms with Gasteiger partial charge >= 0.3 is 0 Å². The lowest BCUT2D eigenvalue weighted by molar-refractivity contribution is 0.337. The van der Waals surface area contributed by atoms with Crippen LogP contribution in [0.3, 0.4) is 0 Å². The number of nitrogens with two attached hydrogens (primary N) is 1. The Morgan fingerprint density at radius 3 is 3.00 bits per heavy atom. The van der Waals surface area contributed by atoms with E-state index in [1.165, 1.54) is 0 Å². The van der Waals surface area contributed by atoms with Gasteiger partial charge in [-0.05, 0) is 19.3 Å². The summed E-state index contributed by atoms with van der Waals surface area (Å²) < 4.78 is 0. The van der Waals surface area contributed by atoms with E-state index in [1.54, 1.807) is 4.90 Å². The molecule has 0 aromatic heterocycles. The maximum atomic E-state index is 8.64. The zero-order valence-electron chi connectivity index (χ0n) is 6.25. The fraction of sp³-hybridized carbons (Fsp3) is 0.571. The molecule has 0 spiro atoms. The van der Waals surface area contributed by atoms with Gasteiger partial charge in [0.25, 0.3) is 0 Å². The average molecular weight is 151 g/mol.